The highest BCUT2D eigenvalue weighted by atomic mass is 16.5. The van der Waals surface area contributed by atoms with Crippen molar-refractivity contribution in [2.75, 3.05) is 6.61 Å². The van der Waals surface area contributed by atoms with E-state index in [9.17, 15) is 14.7 Å². The quantitative estimate of drug-likeness (QED) is 0.746. The Morgan fingerprint density at radius 1 is 1.52 bits per heavy atom. The maximum atomic E-state index is 11.9. The van der Waals surface area contributed by atoms with Crippen molar-refractivity contribution in [2.24, 2.45) is 0 Å². The first-order valence-electron chi connectivity index (χ1n) is 6.52. The zero-order chi connectivity index (χ0) is 15.0. The van der Waals surface area contributed by atoms with Crippen LogP contribution in [0.4, 0.5) is 0 Å². The number of aromatic nitrogens is 5. The highest BCUT2D eigenvalue weighted by Gasteiger charge is 2.38. The third-order valence-electron chi connectivity index (χ3n) is 3.62. The van der Waals surface area contributed by atoms with Gasteiger partial charge in [-0.05, 0) is 6.92 Å². The molecule has 0 unspecified atom stereocenters. The van der Waals surface area contributed by atoms with Crippen molar-refractivity contribution in [1.29, 1.82) is 0 Å². The first kappa shape index (κ1) is 13.7. The molecule has 0 saturated carbocycles. The molecule has 0 radical (unpaired) electrons. The molecule has 1 aliphatic heterocycles. The second kappa shape index (κ2) is 5.26. The molecule has 112 valence electrons. The first-order chi connectivity index (χ1) is 10.1. The molecule has 3 heterocycles. The van der Waals surface area contributed by atoms with E-state index >= 15 is 0 Å². The van der Waals surface area contributed by atoms with Crippen LogP contribution in [0.3, 0.4) is 0 Å². The van der Waals surface area contributed by atoms with Crippen LogP contribution in [-0.2, 0) is 4.74 Å². The molecule has 0 aliphatic carbocycles. The lowest BCUT2D eigenvalue weighted by atomic mass is 10.1. The summed E-state index contributed by atoms with van der Waals surface area (Å²) in [6.07, 6.45) is 3.79. The summed E-state index contributed by atoms with van der Waals surface area (Å²) < 4.78 is 8.64. The van der Waals surface area contributed by atoms with Gasteiger partial charge < -0.3 is 9.84 Å². The van der Waals surface area contributed by atoms with Crippen molar-refractivity contribution < 1.29 is 9.84 Å². The van der Waals surface area contributed by atoms with E-state index in [2.05, 4.69) is 15.1 Å². The second-order valence-electron chi connectivity index (χ2n) is 4.97. The Kier molecular flexibility index (Phi) is 3.43. The van der Waals surface area contributed by atoms with Crippen LogP contribution >= 0.6 is 0 Å². The summed E-state index contributed by atoms with van der Waals surface area (Å²) in [5.74, 6) is 0. The number of hydrogen-bond acceptors (Lipinski definition) is 6. The van der Waals surface area contributed by atoms with Crippen LogP contribution in [-0.4, -0.2) is 42.1 Å². The topological polar surface area (TPSA) is 115 Å². The van der Waals surface area contributed by atoms with Gasteiger partial charge in [-0.1, -0.05) is 0 Å². The van der Waals surface area contributed by atoms with Gasteiger partial charge in [-0.2, -0.15) is 5.10 Å². The fraction of sp³-hybridized carbons (Fsp3) is 0.500. The average Bonchev–Trinajstić information content (AvgIpc) is 3.10. The van der Waals surface area contributed by atoms with Crippen molar-refractivity contribution in [2.45, 2.75) is 31.7 Å². The maximum Gasteiger partial charge on any atom is 0.330 e. The average molecular weight is 293 g/mol. The van der Waals surface area contributed by atoms with E-state index in [0.717, 1.165) is 0 Å². The molecule has 2 aromatic rings. The van der Waals surface area contributed by atoms with Gasteiger partial charge in [0.05, 0.1) is 12.6 Å². The zero-order valence-electron chi connectivity index (χ0n) is 11.3. The summed E-state index contributed by atoms with van der Waals surface area (Å²) in [4.78, 5) is 29.4. The number of aliphatic hydroxyl groups excluding tert-OH is 1. The molecule has 2 aromatic heterocycles. The minimum Gasteiger partial charge on any atom is -0.394 e. The van der Waals surface area contributed by atoms with Crippen molar-refractivity contribution >= 4 is 0 Å². The SMILES string of the molecule is Cc1cn([C@H]2C[C@@H](n3cncn3)[C@@H](CO)O2)c(=O)[nH]c1=O. The van der Waals surface area contributed by atoms with Gasteiger partial charge in [0.25, 0.3) is 5.56 Å². The first-order valence-corrected chi connectivity index (χ1v) is 6.52. The Hall–Kier alpha value is -2.26. The number of nitrogens with zero attached hydrogens (tertiary/aromatic N) is 4. The van der Waals surface area contributed by atoms with E-state index in [1.54, 1.807) is 17.9 Å². The molecule has 0 amide bonds. The number of aryl methyl sites for hydroxylation is 1. The van der Waals surface area contributed by atoms with Crippen LogP contribution in [0.1, 0.15) is 24.3 Å². The Bertz CT molecular complexity index is 735. The van der Waals surface area contributed by atoms with Crippen molar-refractivity contribution in [1.82, 2.24) is 24.3 Å². The van der Waals surface area contributed by atoms with Gasteiger partial charge in [-0.3, -0.25) is 14.3 Å². The number of rotatable bonds is 3. The number of nitrogens with one attached hydrogen (secondary N) is 1. The zero-order valence-corrected chi connectivity index (χ0v) is 11.3. The van der Waals surface area contributed by atoms with E-state index in [1.165, 1.54) is 17.1 Å². The summed E-state index contributed by atoms with van der Waals surface area (Å²) in [7, 11) is 0. The van der Waals surface area contributed by atoms with Crippen molar-refractivity contribution in [3.63, 3.8) is 0 Å². The van der Waals surface area contributed by atoms with Crippen molar-refractivity contribution in [3.8, 4) is 0 Å². The third kappa shape index (κ3) is 2.41. The fourth-order valence-corrected chi connectivity index (χ4v) is 2.52. The minimum absolute atomic E-state index is 0.196. The molecule has 9 heteroatoms. The molecule has 0 bridgehead atoms. The minimum atomic E-state index is -0.570. The molecule has 9 nitrogen and oxygen atoms in total. The van der Waals surface area contributed by atoms with Gasteiger partial charge in [-0.25, -0.2) is 14.5 Å². The molecule has 0 spiro atoms. The summed E-state index contributed by atoms with van der Waals surface area (Å²) >= 11 is 0. The fourth-order valence-electron chi connectivity index (χ4n) is 2.52. The standard InChI is InChI=1S/C12H15N5O4/c1-7-3-16(12(20)15-11(7)19)10-2-8(9(4-18)21-10)17-6-13-5-14-17/h3,5-6,8-10,18H,2,4H2,1H3,(H,15,19,20)/t8-,9-,10-/m1/s1. The smallest absolute Gasteiger partial charge is 0.330 e. The molecule has 2 N–H and O–H groups in total. The molecule has 1 aliphatic rings. The van der Waals surface area contributed by atoms with Gasteiger partial charge in [0, 0.05) is 18.2 Å². The number of aromatic amines is 1. The van der Waals surface area contributed by atoms with Crippen LogP contribution < -0.4 is 11.2 Å². The molecule has 3 rings (SSSR count). The molecular formula is C12H15N5O4. The van der Waals surface area contributed by atoms with E-state index in [4.69, 9.17) is 4.74 Å². The van der Waals surface area contributed by atoms with E-state index < -0.39 is 23.6 Å². The summed E-state index contributed by atoms with van der Waals surface area (Å²) in [5.41, 5.74) is -0.532. The highest BCUT2D eigenvalue weighted by molar-refractivity contribution is 5.02. The van der Waals surface area contributed by atoms with Gasteiger partial charge in [-0.15, -0.1) is 0 Å². The molecule has 21 heavy (non-hydrogen) atoms. The number of hydrogen-bond donors (Lipinski definition) is 2. The second-order valence-corrected chi connectivity index (χ2v) is 4.97. The highest BCUT2D eigenvalue weighted by Crippen LogP contribution is 2.35. The lowest BCUT2D eigenvalue weighted by molar-refractivity contribution is -0.0322. The van der Waals surface area contributed by atoms with E-state index in [0.29, 0.717) is 12.0 Å². The number of aliphatic hydroxyl groups is 1. The Labute approximate surface area is 118 Å². The number of ether oxygens (including phenoxy) is 1. The molecule has 3 atom stereocenters. The third-order valence-corrected chi connectivity index (χ3v) is 3.62. The van der Waals surface area contributed by atoms with Gasteiger partial charge in [0.15, 0.2) is 0 Å². The summed E-state index contributed by atoms with van der Waals surface area (Å²) in [5, 5.41) is 13.5. The number of H-pyrrole nitrogens is 1. The predicted octanol–water partition coefficient (Wildman–Crippen LogP) is -1.04. The van der Waals surface area contributed by atoms with Crippen LogP contribution in [0.15, 0.2) is 28.4 Å². The lowest BCUT2D eigenvalue weighted by Crippen LogP contribution is -2.33. The van der Waals surface area contributed by atoms with Gasteiger partial charge in [0.1, 0.15) is 25.0 Å². The maximum absolute atomic E-state index is 11.9. The van der Waals surface area contributed by atoms with E-state index in [1.807, 2.05) is 0 Å². The van der Waals surface area contributed by atoms with Gasteiger partial charge >= 0.3 is 5.69 Å². The molecule has 1 saturated heterocycles. The van der Waals surface area contributed by atoms with Crippen LogP contribution in [0.2, 0.25) is 0 Å². The molecule has 1 fully saturated rings. The largest absolute Gasteiger partial charge is 0.394 e. The Morgan fingerprint density at radius 2 is 2.33 bits per heavy atom. The Balaban J connectivity index is 1.93. The van der Waals surface area contributed by atoms with Crippen LogP contribution in [0, 0.1) is 6.92 Å². The Morgan fingerprint density at radius 3 is 3.00 bits per heavy atom. The predicted molar refractivity (Wildman–Crippen MR) is 70.7 cm³/mol. The van der Waals surface area contributed by atoms with Crippen molar-refractivity contribution in [3.05, 3.63) is 45.3 Å². The van der Waals surface area contributed by atoms with E-state index in [-0.39, 0.29) is 12.6 Å². The van der Waals surface area contributed by atoms with Gasteiger partial charge in [0.2, 0.25) is 0 Å². The monoisotopic (exact) mass is 293 g/mol. The summed E-state index contributed by atoms with van der Waals surface area (Å²) in [6, 6.07) is -0.221. The van der Waals surface area contributed by atoms with Crippen LogP contribution in [0.5, 0.6) is 0 Å². The lowest BCUT2D eigenvalue weighted by Gasteiger charge is -2.15. The molecular weight excluding hydrogens is 278 g/mol. The molecule has 0 aromatic carbocycles. The normalized spacial score (nSPS) is 25.3. The summed E-state index contributed by atoms with van der Waals surface area (Å²) in [6.45, 7) is 1.42. The van der Waals surface area contributed by atoms with Crippen LogP contribution in [0.25, 0.3) is 0 Å².